The molecule has 0 N–H and O–H groups in total. The Morgan fingerprint density at radius 1 is 0.969 bits per heavy atom. The number of likely N-dealkylation sites (N-methyl/N-ethyl adjacent to an activating group) is 1. The van der Waals surface area contributed by atoms with E-state index in [4.69, 9.17) is 14.6 Å². The van der Waals surface area contributed by atoms with Gasteiger partial charge in [-0.05, 0) is 64.8 Å². The number of nitrogens with zero attached hydrogens (tertiary/aromatic N) is 3. The van der Waals surface area contributed by atoms with Gasteiger partial charge in [0.2, 0.25) is 0 Å². The second kappa shape index (κ2) is 11.3. The lowest BCUT2D eigenvalue weighted by Gasteiger charge is -2.19. The van der Waals surface area contributed by atoms with Crippen LogP contribution in [0.5, 0.6) is 11.5 Å². The normalized spacial score (nSPS) is 10.8. The average molecular weight is 496 g/mol. The first-order chi connectivity index (χ1) is 15.5. The van der Waals surface area contributed by atoms with E-state index >= 15 is 0 Å². The Balaban J connectivity index is 1.91. The van der Waals surface area contributed by atoms with Gasteiger partial charge >= 0.3 is 0 Å². The van der Waals surface area contributed by atoms with E-state index < -0.39 is 0 Å². The number of anilines is 2. The molecule has 0 aliphatic rings. The number of carbonyl (C=O) groups excluding carboxylic acids is 1. The van der Waals surface area contributed by atoms with E-state index in [-0.39, 0.29) is 12.5 Å². The summed E-state index contributed by atoms with van der Waals surface area (Å²) in [6.45, 7) is 2.29. The second-order valence-electron chi connectivity index (χ2n) is 7.07. The van der Waals surface area contributed by atoms with Gasteiger partial charge in [-0.15, -0.1) is 0 Å². The highest BCUT2D eigenvalue weighted by atomic mass is 79.9. The zero-order chi connectivity index (χ0) is 22.9. The number of halogens is 1. The van der Waals surface area contributed by atoms with Gasteiger partial charge in [-0.3, -0.25) is 4.79 Å². The van der Waals surface area contributed by atoms with Crippen molar-refractivity contribution in [2.24, 2.45) is 5.10 Å². The minimum absolute atomic E-state index is 0.0745. The van der Waals surface area contributed by atoms with E-state index in [2.05, 4.69) is 15.9 Å². The number of carbonyl (C=O) groups is 1. The highest BCUT2D eigenvalue weighted by Crippen LogP contribution is 2.37. The molecule has 0 aromatic heterocycles. The van der Waals surface area contributed by atoms with Crippen molar-refractivity contribution in [3.63, 3.8) is 0 Å². The molecule has 32 heavy (non-hydrogen) atoms. The van der Waals surface area contributed by atoms with Gasteiger partial charge in [-0.1, -0.05) is 36.4 Å². The molecule has 0 aliphatic heterocycles. The molecule has 3 rings (SSSR count). The standard InChI is InChI=1S/C25H26BrN3O3/c1-4-31-23-16-19(15-22(26)25(23)32-18-24(30)28(2)3)17-27-29(20-11-7-5-8-12-20)21-13-9-6-10-14-21/h5-17H,4,18H2,1-3H3/b27-17-. The Morgan fingerprint density at radius 3 is 2.09 bits per heavy atom. The molecule has 0 atom stereocenters. The number of amides is 1. The van der Waals surface area contributed by atoms with Crippen molar-refractivity contribution in [1.29, 1.82) is 0 Å². The maximum Gasteiger partial charge on any atom is 0.259 e. The molecule has 0 aliphatic carbocycles. The van der Waals surface area contributed by atoms with E-state index in [1.165, 1.54) is 4.90 Å². The number of rotatable bonds is 9. The van der Waals surface area contributed by atoms with Gasteiger partial charge in [0.1, 0.15) is 0 Å². The first-order valence-corrected chi connectivity index (χ1v) is 11.0. The summed E-state index contributed by atoms with van der Waals surface area (Å²) in [6, 6.07) is 23.6. The molecule has 0 heterocycles. The lowest BCUT2D eigenvalue weighted by molar-refractivity contribution is -0.130. The lowest BCUT2D eigenvalue weighted by Crippen LogP contribution is -2.27. The lowest BCUT2D eigenvalue weighted by atomic mass is 10.2. The van der Waals surface area contributed by atoms with Gasteiger partial charge in [-0.25, -0.2) is 5.01 Å². The summed E-state index contributed by atoms with van der Waals surface area (Å²) in [7, 11) is 3.38. The zero-order valence-corrected chi connectivity index (χ0v) is 20.0. The zero-order valence-electron chi connectivity index (χ0n) is 18.4. The molecule has 0 unspecified atom stereocenters. The summed E-state index contributed by atoms with van der Waals surface area (Å²) in [4.78, 5) is 13.4. The monoisotopic (exact) mass is 495 g/mol. The van der Waals surface area contributed by atoms with Crippen LogP contribution in [0.1, 0.15) is 12.5 Å². The molecule has 0 saturated heterocycles. The third-order valence-corrected chi connectivity index (χ3v) is 5.08. The maximum atomic E-state index is 11.9. The number of hydrogen-bond acceptors (Lipinski definition) is 5. The summed E-state index contributed by atoms with van der Waals surface area (Å²) in [5, 5.41) is 6.60. The van der Waals surface area contributed by atoms with E-state index in [0.29, 0.717) is 22.6 Å². The predicted octanol–water partition coefficient (Wildman–Crippen LogP) is 5.49. The number of ether oxygens (including phenoxy) is 2. The van der Waals surface area contributed by atoms with Crippen LogP contribution >= 0.6 is 15.9 Å². The van der Waals surface area contributed by atoms with Crippen molar-refractivity contribution in [3.8, 4) is 11.5 Å². The Bertz CT molecular complexity index is 1020. The highest BCUT2D eigenvalue weighted by Gasteiger charge is 2.15. The Kier molecular flexibility index (Phi) is 8.27. The molecule has 0 bridgehead atoms. The van der Waals surface area contributed by atoms with E-state index in [1.807, 2.05) is 84.7 Å². The fraction of sp³-hybridized carbons (Fsp3) is 0.200. The quantitative estimate of drug-likeness (QED) is 0.291. The number of benzene rings is 3. The summed E-state index contributed by atoms with van der Waals surface area (Å²) in [5.74, 6) is 0.898. The van der Waals surface area contributed by atoms with Crippen molar-refractivity contribution >= 4 is 39.4 Å². The maximum absolute atomic E-state index is 11.9. The summed E-state index contributed by atoms with van der Waals surface area (Å²) in [6.07, 6.45) is 1.77. The minimum Gasteiger partial charge on any atom is -0.490 e. The summed E-state index contributed by atoms with van der Waals surface area (Å²) < 4.78 is 12.2. The molecular formula is C25H26BrN3O3. The van der Waals surface area contributed by atoms with Crippen LogP contribution in [-0.4, -0.2) is 44.3 Å². The van der Waals surface area contributed by atoms with Gasteiger partial charge in [-0.2, -0.15) is 5.10 Å². The SMILES string of the molecule is CCOc1cc(/C=N\N(c2ccccc2)c2ccccc2)cc(Br)c1OCC(=O)N(C)C. The van der Waals surface area contributed by atoms with Gasteiger partial charge in [0.05, 0.1) is 28.7 Å². The van der Waals surface area contributed by atoms with Gasteiger partial charge < -0.3 is 14.4 Å². The van der Waals surface area contributed by atoms with Crippen LogP contribution in [0.25, 0.3) is 0 Å². The van der Waals surface area contributed by atoms with Crippen LogP contribution in [-0.2, 0) is 4.79 Å². The van der Waals surface area contributed by atoms with Gasteiger partial charge in [0.25, 0.3) is 5.91 Å². The molecule has 0 spiro atoms. The van der Waals surface area contributed by atoms with Crippen LogP contribution in [0.3, 0.4) is 0 Å². The topological polar surface area (TPSA) is 54.4 Å². The molecule has 0 radical (unpaired) electrons. The molecule has 0 fully saturated rings. The molecule has 1 amide bonds. The van der Waals surface area contributed by atoms with Crippen LogP contribution < -0.4 is 14.5 Å². The molecule has 7 heteroatoms. The van der Waals surface area contributed by atoms with Gasteiger partial charge in [0.15, 0.2) is 18.1 Å². The van der Waals surface area contributed by atoms with E-state index in [0.717, 1.165) is 16.9 Å². The van der Waals surface area contributed by atoms with Crippen molar-refractivity contribution in [2.75, 3.05) is 32.3 Å². The Labute approximate surface area is 197 Å². The largest absolute Gasteiger partial charge is 0.490 e. The smallest absolute Gasteiger partial charge is 0.259 e. The molecule has 166 valence electrons. The Morgan fingerprint density at radius 2 is 1.56 bits per heavy atom. The van der Waals surface area contributed by atoms with Gasteiger partial charge in [0, 0.05) is 14.1 Å². The van der Waals surface area contributed by atoms with Crippen molar-refractivity contribution in [1.82, 2.24) is 4.90 Å². The fourth-order valence-corrected chi connectivity index (χ4v) is 3.45. The van der Waals surface area contributed by atoms with Crippen LogP contribution in [0.15, 0.2) is 82.4 Å². The van der Waals surface area contributed by atoms with Crippen LogP contribution in [0.4, 0.5) is 11.4 Å². The number of hydrazone groups is 1. The van der Waals surface area contributed by atoms with Crippen LogP contribution in [0, 0.1) is 0 Å². The minimum atomic E-state index is -0.133. The predicted molar refractivity (Wildman–Crippen MR) is 132 cm³/mol. The van der Waals surface area contributed by atoms with E-state index in [9.17, 15) is 4.79 Å². The first kappa shape index (κ1) is 23.3. The van der Waals surface area contributed by atoms with E-state index in [1.54, 1.807) is 20.3 Å². The number of para-hydroxylation sites is 2. The number of hydrogen-bond donors (Lipinski definition) is 0. The average Bonchev–Trinajstić information content (AvgIpc) is 2.80. The fourth-order valence-electron chi connectivity index (χ4n) is 2.87. The summed E-state index contributed by atoms with van der Waals surface area (Å²) >= 11 is 3.55. The van der Waals surface area contributed by atoms with Crippen LogP contribution in [0.2, 0.25) is 0 Å². The Hall–Kier alpha value is -3.32. The van der Waals surface area contributed by atoms with Crippen molar-refractivity contribution in [2.45, 2.75) is 6.92 Å². The molecule has 0 saturated carbocycles. The summed E-state index contributed by atoms with van der Waals surface area (Å²) in [5.41, 5.74) is 2.71. The molecule has 6 nitrogen and oxygen atoms in total. The highest BCUT2D eigenvalue weighted by molar-refractivity contribution is 9.10. The van der Waals surface area contributed by atoms with Crippen molar-refractivity contribution in [3.05, 3.63) is 82.8 Å². The molecule has 3 aromatic rings. The molecule has 3 aromatic carbocycles. The van der Waals surface area contributed by atoms with Crippen molar-refractivity contribution < 1.29 is 14.3 Å². The third-order valence-electron chi connectivity index (χ3n) is 4.49. The second-order valence-corrected chi connectivity index (χ2v) is 7.92. The first-order valence-electron chi connectivity index (χ1n) is 10.2. The molecular weight excluding hydrogens is 470 g/mol. The third kappa shape index (κ3) is 6.11.